The zero-order valence-corrected chi connectivity index (χ0v) is 8.03. The van der Waals surface area contributed by atoms with Gasteiger partial charge >= 0.3 is 6.18 Å². The maximum absolute atomic E-state index is 12.5. The first-order valence-corrected chi connectivity index (χ1v) is 4.20. The molecule has 0 aromatic heterocycles. The molecule has 0 heterocycles. The first-order valence-electron chi connectivity index (χ1n) is 4.20. The number of hydrogen-bond acceptors (Lipinski definition) is 3. The van der Waals surface area contributed by atoms with Gasteiger partial charge in [0.15, 0.2) is 5.84 Å². The fourth-order valence-electron chi connectivity index (χ4n) is 1.01. The summed E-state index contributed by atoms with van der Waals surface area (Å²) in [4.78, 5) is 0. The van der Waals surface area contributed by atoms with Crippen LogP contribution in [-0.4, -0.2) is 17.6 Å². The van der Waals surface area contributed by atoms with E-state index in [1.807, 2.05) is 0 Å². The summed E-state index contributed by atoms with van der Waals surface area (Å²) >= 11 is 0. The van der Waals surface area contributed by atoms with E-state index in [0.717, 1.165) is 12.1 Å². The number of halogens is 3. The van der Waals surface area contributed by atoms with Crippen LogP contribution >= 0.6 is 0 Å². The molecule has 0 radical (unpaired) electrons. The molecule has 0 aliphatic rings. The molecule has 0 amide bonds. The molecule has 4 nitrogen and oxygen atoms in total. The molecule has 0 unspecified atom stereocenters. The third-order valence-corrected chi connectivity index (χ3v) is 1.70. The van der Waals surface area contributed by atoms with E-state index in [0.29, 0.717) is 0 Å². The number of ether oxygens (including phenoxy) is 1. The van der Waals surface area contributed by atoms with Gasteiger partial charge in [0.1, 0.15) is 12.4 Å². The lowest BCUT2D eigenvalue weighted by Crippen LogP contribution is -2.22. The van der Waals surface area contributed by atoms with Crippen molar-refractivity contribution in [1.29, 1.82) is 0 Å². The van der Waals surface area contributed by atoms with Gasteiger partial charge in [-0.05, 0) is 12.1 Å². The Bertz CT molecular complexity index is 391. The summed E-state index contributed by atoms with van der Waals surface area (Å²) in [5.41, 5.74) is 4.17. The van der Waals surface area contributed by atoms with E-state index in [1.54, 1.807) is 0 Å². The van der Waals surface area contributed by atoms with E-state index in [1.165, 1.54) is 12.1 Å². The summed E-state index contributed by atoms with van der Waals surface area (Å²) < 4.78 is 42.2. The topological polar surface area (TPSA) is 67.8 Å². The SMILES string of the molecule is NC(COc1ccccc1C(F)(F)F)=NO. The van der Waals surface area contributed by atoms with Crippen LogP contribution in [0.15, 0.2) is 29.4 Å². The van der Waals surface area contributed by atoms with Crippen molar-refractivity contribution in [2.24, 2.45) is 10.9 Å². The molecule has 0 fully saturated rings. The van der Waals surface area contributed by atoms with Crippen LogP contribution in [0.2, 0.25) is 0 Å². The zero-order chi connectivity index (χ0) is 12.2. The van der Waals surface area contributed by atoms with Gasteiger partial charge in [0.05, 0.1) is 5.56 Å². The van der Waals surface area contributed by atoms with E-state index < -0.39 is 18.3 Å². The van der Waals surface area contributed by atoms with Gasteiger partial charge in [0, 0.05) is 0 Å². The van der Waals surface area contributed by atoms with Crippen molar-refractivity contribution < 1.29 is 23.1 Å². The summed E-state index contributed by atoms with van der Waals surface area (Å²) in [5.74, 6) is -0.668. The van der Waals surface area contributed by atoms with Crippen molar-refractivity contribution >= 4 is 5.84 Å². The van der Waals surface area contributed by atoms with Crippen molar-refractivity contribution in [2.75, 3.05) is 6.61 Å². The number of nitrogens with zero attached hydrogens (tertiary/aromatic N) is 1. The highest BCUT2D eigenvalue weighted by molar-refractivity contribution is 5.81. The maximum Gasteiger partial charge on any atom is 0.419 e. The van der Waals surface area contributed by atoms with Crippen molar-refractivity contribution in [3.8, 4) is 5.75 Å². The molecule has 0 saturated carbocycles. The molecule has 16 heavy (non-hydrogen) atoms. The highest BCUT2D eigenvalue weighted by atomic mass is 19.4. The van der Waals surface area contributed by atoms with E-state index in [-0.39, 0.29) is 11.6 Å². The molecule has 3 N–H and O–H groups in total. The molecule has 0 aliphatic carbocycles. The van der Waals surface area contributed by atoms with Gasteiger partial charge in [-0.3, -0.25) is 0 Å². The van der Waals surface area contributed by atoms with Crippen LogP contribution < -0.4 is 10.5 Å². The number of para-hydroxylation sites is 1. The highest BCUT2D eigenvalue weighted by Gasteiger charge is 2.33. The fourth-order valence-corrected chi connectivity index (χ4v) is 1.01. The normalized spacial score (nSPS) is 12.6. The Balaban J connectivity index is 2.88. The molecule has 1 aromatic rings. The molecule has 0 aliphatic heterocycles. The lowest BCUT2D eigenvalue weighted by atomic mass is 10.2. The van der Waals surface area contributed by atoms with E-state index in [9.17, 15) is 13.2 Å². The number of benzene rings is 1. The van der Waals surface area contributed by atoms with Gasteiger partial charge in [0.25, 0.3) is 0 Å². The molecule has 1 rings (SSSR count). The third kappa shape index (κ3) is 3.04. The van der Waals surface area contributed by atoms with E-state index >= 15 is 0 Å². The number of alkyl halides is 3. The van der Waals surface area contributed by atoms with Gasteiger partial charge < -0.3 is 15.7 Å². The smallest absolute Gasteiger partial charge is 0.419 e. The predicted octanol–water partition coefficient (Wildman–Crippen LogP) is 1.83. The summed E-state index contributed by atoms with van der Waals surface area (Å²) in [6.45, 7) is -0.413. The third-order valence-electron chi connectivity index (χ3n) is 1.70. The number of amidine groups is 1. The Kier molecular flexibility index (Phi) is 3.60. The Morgan fingerprint density at radius 3 is 2.56 bits per heavy atom. The Morgan fingerprint density at radius 1 is 1.38 bits per heavy atom. The van der Waals surface area contributed by atoms with Gasteiger partial charge in [-0.15, -0.1) is 0 Å². The largest absolute Gasteiger partial charge is 0.485 e. The number of oxime groups is 1. The summed E-state index contributed by atoms with van der Waals surface area (Å²) in [6, 6.07) is 4.70. The Morgan fingerprint density at radius 2 is 2.00 bits per heavy atom. The van der Waals surface area contributed by atoms with Crippen LogP contribution in [-0.2, 0) is 6.18 Å². The minimum Gasteiger partial charge on any atom is -0.485 e. The summed E-state index contributed by atoms with van der Waals surface area (Å²) in [6.07, 6.45) is -4.50. The second kappa shape index (κ2) is 4.73. The van der Waals surface area contributed by atoms with Crippen LogP contribution in [0.4, 0.5) is 13.2 Å². The molecule has 0 spiro atoms. The predicted molar refractivity (Wildman–Crippen MR) is 50.3 cm³/mol. The molecule has 1 aromatic carbocycles. The Hall–Kier alpha value is -1.92. The Labute approximate surface area is 89.1 Å². The number of nitrogens with two attached hydrogens (primary N) is 1. The quantitative estimate of drug-likeness (QED) is 0.363. The second-order valence-electron chi connectivity index (χ2n) is 2.87. The average Bonchev–Trinajstić information content (AvgIpc) is 2.25. The van der Waals surface area contributed by atoms with Crippen LogP contribution in [0.1, 0.15) is 5.56 Å². The summed E-state index contributed by atoms with van der Waals surface area (Å²) in [7, 11) is 0. The minimum absolute atomic E-state index is 0.308. The molecule has 0 saturated heterocycles. The minimum atomic E-state index is -4.50. The zero-order valence-electron chi connectivity index (χ0n) is 8.03. The lowest BCUT2D eigenvalue weighted by Gasteiger charge is -2.12. The van der Waals surface area contributed by atoms with E-state index in [4.69, 9.17) is 15.7 Å². The number of hydrogen-bond donors (Lipinski definition) is 2. The molecular weight excluding hydrogens is 225 g/mol. The molecule has 0 bridgehead atoms. The van der Waals surface area contributed by atoms with E-state index in [2.05, 4.69) is 5.16 Å². The fraction of sp³-hybridized carbons (Fsp3) is 0.222. The van der Waals surface area contributed by atoms with Crippen molar-refractivity contribution in [3.63, 3.8) is 0 Å². The molecule has 0 atom stereocenters. The number of rotatable bonds is 3. The summed E-state index contributed by atoms with van der Waals surface area (Å²) in [5, 5.41) is 10.8. The van der Waals surface area contributed by atoms with Crippen molar-refractivity contribution in [1.82, 2.24) is 0 Å². The van der Waals surface area contributed by atoms with Gasteiger partial charge in [-0.2, -0.15) is 13.2 Å². The molecule has 88 valence electrons. The molecular formula is C9H9F3N2O2. The van der Waals surface area contributed by atoms with Crippen molar-refractivity contribution in [2.45, 2.75) is 6.18 Å². The van der Waals surface area contributed by atoms with Crippen molar-refractivity contribution in [3.05, 3.63) is 29.8 Å². The first kappa shape index (κ1) is 12.2. The lowest BCUT2D eigenvalue weighted by molar-refractivity contribution is -0.138. The first-order chi connectivity index (χ1) is 7.45. The highest BCUT2D eigenvalue weighted by Crippen LogP contribution is 2.35. The maximum atomic E-state index is 12.5. The van der Waals surface area contributed by atoms with Gasteiger partial charge in [0.2, 0.25) is 0 Å². The van der Waals surface area contributed by atoms with Crippen LogP contribution in [0.25, 0.3) is 0 Å². The monoisotopic (exact) mass is 234 g/mol. The van der Waals surface area contributed by atoms with Gasteiger partial charge in [-0.1, -0.05) is 17.3 Å². The van der Waals surface area contributed by atoms with Crippen LogP contribution in [0, 0.1) is 0 Å². The second-order valence-corrected chi connectivity index (χ2v) is 2.87. The van der Waals surface area contributed by atoms with Crippen LogP contribution in [0.5, 0.6) is 5.75 Å². The average molecular weight is 234 g/mol. The van der Waals surface area contributed by atoms with Gasteiger partial charge in [-0.25, -0.2) is 0 Å². The van der Waals surface area contributed by atoms with Crippen LogP contribution in [0.3, 0.4) is 0 Å². The standard InChI is InChI=1S/C9H9F3N2O2/c10-9(11,12)6-3-1-2-4-7(6)16-5-8(13)14-15/h1-4,15H,5H2,(H2,13,14). The molecule has 7 heteroatoms.